The van der Waals surface area contributed by atoms with Crippen molar-refractivity contribution in [2.75, 3.05) is 19.8 Å². The minimum atomic E-state index is -0.570. The van der Waals surface area contributed by atoms with Gasteiger partial charge >= 0.3 is 5.97 Å². The van der Waals surface area contributed by atoms with Gasteiger partial charge in [-0.2, -0.15) is 0 Å². The molecule has 0 bridgehead atoms. The van der Waals surface area contributed by atoms with Gasteiger partial charge in [0, 0.05) is 6.07 Å². The minimum Gasteiger partial charge on any atom is -0.490 e. The van der Waals surface area contributed by atoms with Crippen LogP contribution in [-0.2, 0) is 16.0 Å². The van der Waals surface area contributed by atoms with Crippen molar-refractivity contribution < 1.29 is 28.1 Å². The van der Waals surface area contributed by atoms with Crippen molar-refractivity contribution in [3.05, 3.63) is 53.8 Å². The number of ether oxygens (including phenoxy) is 4. The van der Waals surface area contributed by atoms with Crippen molar-refractivity contribution in [2.24, 2.45) is 0 Å². The summed E-state index contributed by atoms with van der Waals surface area (Å²) < 4.78 is 34.8. The van der Waals surface area contributed by atoms with Crippen molar-refractivity contribution in [1.82, 2.24) is 0 Å². The number of carbonyl (C=O) groups excluding carboxylic acids is 1. The number of hydrogen-bond acceptors (Lipinski definition) is 5. The number of rotatable bonds is 7. The van der Waals surface area contributed by atoms with Gasteiger partial charge in [-0.05, 0) is 55.7 Å². The molecule has 26 heavy (non-hydrogen) atoms. The Balaban J connectivity index is 1.51. The molecule has 0 spiro atoms. The highest BCUT2D eigenvalue weighted by Crippen LogP contribution is 2.31. The zero-order valence-corrected chi connectivity index (χ0v) is 14.6. The molecule has 0 saturated carbocycles. The molecule has 0 radical (unpaired) electrons. The molecule has 5 nitrogen and oxygen atoms in total. The molecule has 1 unspecified atom stereocenters. The highest BCUT2D eigenvalue weighted by atomic mass is 19.1. The van der Waals surface area contributed by atoms with Gasteiger partial charge in [0.25, 0.3) is 0 Å². The number of hydrogen-bond donors (Lipinski definition) is 0. The van der Waals surface area contributed by atoms with E-state index in [9.17, 15) is 9.18 Å². The second kappa shape index (κ2) is 8.56. The molecule has 2 aromatic rings. The quantitative estimate of drug-likeness (QED) is 0.558. The van der Waals surface area contributed by atoms with E-state index in [-0.39, 0.29) is 11.8 Å². The van der Waals surface area contributed by atoms with Crippen molar-refractivity contribution in [3.63, 3.8) is 0 Å². The fourth-order valence-electron chi connectivity index (χ4n) is 2.69. The van der Waals surface area contributed by atoms with Crippen LogP contribution in [0.1, 0.15) is 18.9 Å². The molecule has 0 fully saturated rings. The maximum atomic E-state index is 12.8. The van der Waals surface area contributed by atoms with E-state index in [0.717, 1.165) is 12.0 Å². The predicted molar refractivity (Wildman–Crippen MR) is 93.2 cm³/mol. The molecule has 1 aliphatic heterocycles. The van der Waals surface area contributed by atoms with Crippen LogP contribution in [0.15, 0.2) is 42.5 Å². The van der Waals surface area contributed by atoms with Crippen molar-refractivity contribution in [3.8, 4) is 17.2 Å². The highest BCUT2D eigenvalue weighted by molar-refractivity contribution is 5.75. The third kappa shape index (κ3) is 4.65. The summed E-state index contributed by atoms with van der Waals surface area (Å²) >= 11 is 0. The normalized spacial score (nSPS) is 15.5. The second-order valence-corrected chi connectivity index (χ2v) is 5.82. The summed E-state index contributed by atoms with van der Waals surface area (Å²) in [4.78, 5) is 11.8. The van der Waals surface area contributed by atoms with E-state index in [4.69, 9.17) is 18.9 Å². The molecule has 3 rings (SSSR count). The first-order valence-electron chi connectivity index (χ1n) is 8.63. The molecular weight excluding hydrogens is 339 g/mol. The largest absolute Gasteiger partial charge is 0.490 e. The molecule has 0 aliphatic carbocycles. The molecule has 0 aromatic heterocycles. The Morgan fingerprint density at radius 1 is 1.12 bits per heavy atom. The zero-order chi connectivity index (χ0) is 18.4. The van der Waals surface area contributed by atoms with Crippen LogP contribution in [0.2, 0.25) is 0 Å². The molecular formula is C20H21FO5. The first-order chi connectivity index (χ1) is 12.7. The SMILES string of the molecule is CCOC(=O)C1CCc2ccc(OCCOc3ccc(F)cc3)cc2O1. The molecule has 1 atom stereocenters. The third-order valence-corrected chi connectivity index (χ3v) is 3.97. The van der Waals surface area contributed by atoms with Crippen LogP contribution in [0, 0.1) is 5.82 Å². The van der Waals surface area contributed by atoms with Gasteiger partial charge in [0.15, 0.2) is 6.10 Å². The van der Waals surface area contributed by atoms with Crippen LogP contribution in [0.3, 0.4) is 0 Å². The van der Waals surface area contributed by atoms with Gasteiger partial charge in [0.05, 0.1) is 6.61 Å². The maximum absolute atomic E-state index is 12.8. The van der Waals surface area contributed by atoms with Gasteiger partial charge in [0.2, 0.25) is 0 Å². The maximum Gasteiger partial charge on any atom is 0.347 e. The summed E-state index contributed by atoms with van der Waals surface area (Å²) in [5, 5.41) is 0. The van der Waals surface area contributed by atoms with Gasteiger partial charge < -0.3 is 18.9 Å². The summed E-state index contributed by atoms with van der Waals surface area (Å²) in [6.45, 7) is 2.77. The Labute approximate surface area is 151 Å². The van der Waals surface area contributed by atoms with Gasteiger partial charge in [-0.25, -0.2) is 9.18 Å². The van der Waals surface area contributed by atoms with E-state index < -0.39 is 6.10 Å². The Morgan fingerprint density at radius 3 is 2.54 bits per heavy atom. The lowest BCUT2D eigenvalue weighted by atomic mass is 10.0. The van der Waals surface area contributed by atoms with Crippen LogP contribution < -0.4 is 14.2 Å². The Morgan fingerprint density at radius 2 is 1.81 bits per heavy atom. The van der Waals surface area contributed by atoms with E-state index in [2.05, 4.69) is 0 Å². The van der Waals surface area contributed by atoms with Gasteiger partial charge in [-0.3, -0.25) is 0 Å². The average Bonchev–Trinajstić information content (AvgIpc) is 2.66. The van der Waals surface area contributed by atoms with Gasteiger partial charge in [-0.1, -0.05) is 6.07 Å². The summed E-state index contributed by atoms with van der Waals surface area (Å²) in [7, 11) is 0. The minimum absolute atomic E-state index is 0.302. The number of carbonyl (C=O) groups is 1. The van der Waals surface area contributed by atoms with Gasteiger partial charge in [0.1, 0.15) is 36.3 Å². The number of esters is 1. The zero-order valence-electron chi connectivity index (χ0n) is 14.6. The first-order valence-corrected chi connectivity index (χ1v) is 8.63. The van der Waals surface area contributed by atoms with Crippen LogP contribution in [0.25, 0.3) is 0 Å². The van der Waals surface area contributed by atoms with E-state index in [0.29, 0.717) is 43.5 Å². The fourth-order valence-corrected chi connectivity index (χ4v) is 2.69. The van der Waals surface area contributed by atoms with Crippen molar-refractivity contribution in [1.29, 1.82) is 0 Å². The molecule has 2 aromatic carbocycles. The highest BCUT2D eigenvalue weighted by Gasteiger charge is 2.27. The third-order valence-electron chi connectivity index (χ3n) is 3.97. The topological polar surface area (TPSA) is 54.0 Å². The van der Waals surface area contributed by atoms with Crippen LogP contribution in [-0.4, -0.2) is 31.9 Å². The lowest BCUT2D eigenvalue weighted by Crippen LogP contribution is -2.32. The standard InChI is InChI=1S/C20H21FO5/c1-2-23-20(22)18-10-4-14-3-7-17(13-19(14)26-18)25-12-11-24-16-8-5-15(21)6-9-16/h3,5-9,13,18H,2,4,10-12H2,1H3. The molecule has 0 amide bonds. The molecule has 1 heterocycles. The van der Waals surface area contributed by atoms with Crippen LogP contribution in [0.4, 0.5) is 4.39 Å². The van der Waals surface area contributed by atoms with Crippen LogP contribution >= 0.6 is 0 Å². The lowest BCUT2D eigenvalue weighted by Gasteiger charge is -2.25. The number of halogens is 1. The molecule has 1 aliphatic rings. The summed E-state index contributed by atoms with van der Waals surface area (Å²) in [5.74, 6) is 1.23. The smallest absolute Gasteiger partial charge is 0.347 e. The number of fused-ring (bicyclic) bond motifs is 1. The summed E-state index contributed by atoms with van der Waals surface area (Å²) in [6.07, 6.45) is 0.795. The molecule has 0 N–H and O–H groups in total. The summed E-state index contributed by atoms with van der Waals surface area (Å²) in [5.41, 5.74) is 1.04. The lowest BCUT2D eigenvalue weighted by molar-refractivity contribution is -0.152. The van der Waals surface area contributed by atoms with E-state index >= 15 is 0 Å². The van der Waals surface area contributed by atoms with E-state index in [1.54, 1.807) is 25.1 Å². The molecule has 0 saturated heterocycles. The number of aryl methyl sites for hydroxylation is 1. The molecule has 6 heteroatoms. The first kappa shape index (κ1) is 18.0. The monoisotopic (exact) mass is 360 g/mol. The molecule has 138 valence electrons. The van der Waals surface area contributed by atoms with Crippen LogP contribution in [0.5, 0.6) is 17.2 Å². The van der Waals surface area contributed by atoms with Gasteiger partial charge in [-0.15, -0.1) is 0 Å². The van der Waals surface area contributed by atoms with E-state index in [1.807, 2.05) is 12.1 Å². The van der Waals surface area contributed by atoms with Crippen molar-refractivity contribution >= 4 is 5.97 Å². The predicted octanol–water partition coefficient (Wildman–Crippen LogP) is 3.54. The van der Waals surface area contributed by atoms with E-state index in [1.165, 1.54) is 12.1 Å². The number of benzene rings is 2. The Bertz CT molecular complexity index is 744. The summed E-state index contributed by atoms with van der Waals surface area (Å²) in [6, 6.07) is 11.4. The second-order valence-electron chi connectivity index (χ2n) is 5.82. The average molecular weight is 360 g/mol. The fraction of sp³-hybridized carbons (Fsp3) is 0.350. The Kier molecular flexibility index (Phi) is 5.94. The Hall–Kier alpha value is -2.76. The van der Waals surface area contributed by atoms with Crippen molar-refractivity contribution in [2.45, 2.75) is 25.9 Å².